The summed E-state index contributed by atoms with van der Waals surface area (Å²) < 4.78 is 46.1. The first-order valence-electron chi connectivity index (χ1n) is 16.7. The van der Waals surface area contributed by atoms with E-state index in [0.717, 1.165) is 66.5 Å². The van der Waals surface area contributed by atoms with Gasteiger partial charge in [-0.2, -0.15) is 55.3 Å². The smallest absolute Gasteiger partial charge is 0.554 e. The number of rotatable bonds is 5. The van der Waals surface area contributed by atoms with Crippen LogP contribution in [-0.2, 0) is 24.9 Å². The quantitative estimate of drug-likeness (QED) is 0.125. The van der Waals surface area contributed by atoms with Gasteiger partial charge in [0.15, 0.2) is 0 Å². The third kappa shape index (κ3) is 8.23. The second-order valence-corrected chi connectivity index (χ2v) is 11.9. The fourth-order valence-corrected chi connectivity index (χ4v) is 5.69. The second-order valence-electron chi connectivity index (χ2n) is 11.9. The Hall–Kier alpha value is -6.57. The molecule has 15 heteroatoms. The van der Waals surface area contributed by atoms with Crippen molar-refractivity contribution < 1.29 is 47.5 Å². The zero-order valence-corrected chi connectivity index (χ0v) is 32.3. The van der Waals surface area contributed by atoms with Crippen LogP contribution in [0.25, 0.3) is 60.3 Å². The van der Waals surface area contributed by atoms with E-state index in [0.29, 0.717) is 6.08 Å². The van der Waals surface area contributed by atoms with Gasteiger partial charge in [0.2, 0.25) is 0 Å². The number of hydrogen-bond donors (Lipinski definition) is 0. The first-order valence-corrected chi connectivity index (χ1v) is 16.7. The van der Waals surface area contributed by atoms with Crippen molar-refractivity contribution in [3.05, 3.63) is 151 Å². The third-order valence-corrected chi connectivity index (χ3v) is 8.39. The van der Waals surface area contributed by atoms with Crippen LogP contribution in [0.2, 0.25) is 0 Å². The number of ketones is 1. The number of aromatic nitrogens is 6. The third-order valence-electron chi connectivity index (χ3n) is 8.39. The predicted molar refractivity (Wildman–Crippen MR) is 203 cm³/mol. The normalized spacial score (nSPS) is 12.8. The first-order chi connectivity index (χ1) is 26.6. The van der Waals surface area contributed by atoms with E-state index in [4.69, 9.17) is 9.47 Å². The monoisotopic (exact) mass is 932 g/mol. The number of alkyl halides is 3. The molecule has 0 fully saturated rings. The van der Waals surface area contributed by atoms with Gasteiger partial charge in [0.25, 0.3) is 5.78 Å². The fraction of sp³-hybridized carbons (Fsp3) is 0.0976. The summed E-state index contributed by atoms with van der Waals surface area (Å²) in [7, 11) is 4.83. The Kier molecular flexibility index (Phi) is 11.8. The van der Waals surface area contributed by atoms with Gasteiger partial charge in [-0.25, -0.2) is 0 Å². The molecule has 8 aromatic rings. The van der Waals surface area contributed by atoms with Crippen molar-refractivity contribution in [2.75, 3.05) is 21.3 Å². The Morgan fingerprint density at radius 1 is 0.661 bits per heavy atom. The summed E-state index contributed by atoms with van der Waals surface area (Å²) in [5.74, 6) is -0.318. The molecule has 0 spiro atoms. The van der Waals surface area contributed by atoms with E-state index in [2.05, 4.69) is 37.8 Å². The molecule has 0 atom stereocenters. The SMILES string of the molecule is CN1C=C[N-]C1=CC(=O)C(F)(F)F.COc1c[c-]c(-n2nc3ccccc3n2)c2ccccc12.COc1c[c-]c(-n2nc3ccccc3n2)c2ccccc12.[Ir+3]. The van der Waals surface area contributed by atoms with Gasteiger partial charge in [0, 0.05) is 11.5 Å². The molecular weight excluding hydrogens is 902 g/mol. The number of benzene rings is 6. The predicted octanol–water partition coefficient (Wildman–Crippen LogP) is 8.51. The van der Waals surface area contributed by atoms with Gasteiger partial charge in [-0.1, -0.05) is 107 Å². The molecule has 0 saturated carbocycles. The van der Waals surface area contributed by atoms with Gasteiger partial charge >= 0.3 is 26.3 Å². The van der Waals surface area contributed by atoms with Crippen LogP contribution in [0.5, 0.6) is 11.5 Å². The van der Waals surface area contributed by atoms with E-state index in [-0.39, 0.29) is 25.9 Å². The van der Waals surface area contributed by atoms with Crippen LogP contribution in [0.3, 0.4) is 0 Å². The Morgan fingerprint density at radius 3 is 1.38 bits per heavy atom. The standard InChI is InChI=1S/2C17H12N3O.C7H7F3N2O.Ir/c2*1-21-17-11-10-16(12-6-2-3-7-13(12)17)20-18-14-8-4-5-9-15(14)19-20;1-12-3-2-11-6(12)4-5(13)7(8,9)10;/h2*2-9,11H,1H3;2-4H,1H3,(H,11,13);/q2*-1;;+3/p-1. The summed E-state index contributed by atoms with van der Waals surface area (Å²) in [6, 6.07) is 41.8. The number of ether oxygens (including phenoxy) is 2. The fourth-order valence-electron chi connectivity index (χ4n) is 5.69. The molecule has 0 radical (unpaired) electrons. The minimum atomic E-state index is -4.83. The van der Waals surface area contributed by atoms with Crippen LogP contribution in [0, 0.1) is 12.1 Å². The molecule has 0 amide bonds. The van der Waals surface area contributed by atoms with E-state index < -0.39 is 12.0 Å². The molecule has 0 N–H and O–H groups in total. The topological polar surface area (TPSA) is 114 Å². The van der Waals surface area contributed by atoms with Crippen LogP contribution >= 0.6 is 0 Å². The number of fused-ring (bicyclic) bond motifs is 4. The Balaban J connectivity index is 0.000000146. The molecule has 0 saturated heterocycles. The maximum absolute atomic E-state index is 11.8. The van der Waals surface area contributed by atoms with Crippen LogP contribution in [0.4, 0.5) is 13.2 Å². The number of carbonyl (C=O) groups excluding carboxylic acids is 1. The Bertz CT molecular complexity index is 2500. The van der Waals surface area contributed by atoms with E-state index in [1.54, 1.807) is 23.8 Å². The van der Waals surface area contributed by atoms with Gasteiger partial charge in [0.1, 0.15) is 22.1 Å². The molecular formula is C41H30F3IrN8O3. The molecule has 1 aliphatic rings. The van der Waals surface area contributed by atoms with E-state index >= 15 is 0 Å². The van der Waals surface area contributed by atoms with Crippen molar-refractivity contribution in [1.82, 2.24) is 34.9 Å². The van der Waals surface area contributed by atoms with Crippen molar-refractivity contribution >= 4 is 49.4 Å². The minimum Gasteiger partial charge on any atom is -0.554 e. The average Bonchev–Trinajstić information content (AvgIpc) is 3.95. The van der Waals surface area contributed by atoms with Gasteiger partial charge < -0.3 is 19.7 Å². The molecule has 0 unspecified atom stereocenters. The largest absolute Gasteiger partial charge is 3.00 e. The van der Waals surface area contributed by atoms with Gasteiger partial charge in [0.05, 0.1) is 14.2 Å². The summed E-state index contributed by atoms with van der Waals surface area (Å²) in [5.41, 5.74) is 5.11. The van der Waals surface area contributed by atoms with Crippen LogP contribution in [0.15, 0.2) is 133 Å². The van der Waals surface area contributed by atoms with E-state index in [1.807, 2.05) is 109 Å². The maximum Gasteiger partial charge on any atom is 3.00 e. The molecule has 282 valence electrons. The van der Waals surface area contributed by atoms with Gasteiger partial charge in [-0.05, 0) is 41.7 Å². The zero-order chi connectivity index (χ0) is 38.5. The molecule has 0 aliphatic carbocycles. The molecule has 2 aromatic heterocycles. The number of halogens is 3. The number of hydrogen-bond acceptors (Lipinski definition) is 8. The molecule has 56 heavy (non-hydrogen) atoms. The number of carbonyl (C=O) groups is 1. The Labute approximate surface area is 332 Å². The molecule has 0 bridgehead atoms. The average molecular weight is 932 g/mol. The molecule has 1 aliphatic heterocycles. The van der Waals surface area contributed by atoms with Crippen LogP contribution < -0.4 is 9.47 Å². The zero-order valence-electron chi connectivity index (χ0n) is 29.9. The summed E-state index contributed by atoms with van der Waals surface area (Å²) in [4.78, 5) is 15.0. The molecule has 11 nitrogen and oxygen atoms in total. The molecule has 6 aromatic carbocycles. The van der Waals surface area contributed by atoms with Crippen molar-refractivity contribution in [2.24, 2.45) is 0 Å². The number of methoxy groups -OCH3 is 2. The van der Waals surface area contributed by atoms with Crippen molar-refractivity contribution in [2.45, 2.75) is 6.18 Å². The summed E-state index contributed by atoms with van der Waals surface area (Å²) in [6.45, 7) is 0. The Morgan fingerprint density at radius 2 is 1.04 bits per heavy atom. The van der Waals surface area contributed by atoms with Crippen LogP contribution in [0.1, 0.15) is 0 Å². The number of nitrogens with zero attached hydrogens (tertiary/aromatic N) is 8. The second kappa shape index (κ2) is 16.8. The van der Waals surface area contributed by atoms with Gasteiger partial charge in [-0.3, -0.25) is 4.79 Å². The minimum absolute atomic E-state index is 0. The number of allylic oxidation sites excluding steroid dienone is 1. The summed E-state index contributed by atoms with van der Waals surface area (Å²) >= 11 is 0. The maximum atomic E-state index is 11.8. The molecule has 9 rings (SSSR count). The molecule has 3 heterocycles. The van der Waals surface area contributed by atoms with Crippen molar-refractivity contribution in [3.8, 4) is 22.9 Å². The van der Waals surface area contributed by atoms with Gasteiger partial charge in [-0.15, -0.1) is 24.3 Å². The van der Waals surface area contributed by atoms with Crippen molar-refractivity contribution in [3.63, 3.8) is 0 Å². The first kappa shape index (κ1) is 39.1. The van der Waals surface area contributed by atoms with E-state index in [1.165, 1.54) is 24.3 Å². The van der Waals surface area contributed by atoms with Crippen molar-refractivity contribution in [1.29, 1.82) is 0 Å². The van der Waals surface area contributed by atoms with Crippen LogP contribution in [-0.4, -0.2) is 68.1 Å². The summed E-state index contributed by atoms with van der Waals surface area (Å²) in [5, 5.41) is 25.7. The summed E-state index contributed by atoms with van der Waals surface area (Å²) in [6.07, 6.45) is -1.60. The van der Waals surface area contributed by atoms with E-state index in [9.17, 15) is 18.0 Å².